The third-order valence-electron chi connectivity index (χ3n) is 4.72. The molecule has 1 amide bonds. The number of amides is 1. The first-order valence-corrected chi connectivity index (χ1v) is 8.60. The number of hydrogen-bond acceptors (Lipinski definition) is 5. The van der Waals surface area contributed by atoms with Crippen LogP contribution in [0.1, 0.15) is 24.8 Å². The largest absolute Gasteiger partial charge is 0.465 e. The molecular weight excluding hydrogens is 336 g/mol. The molecule has 1 aromatic heterocycles. The summed E-state index contributed by atoms with van der Waals surface area (Å²) < 4.78 is 5.56. The number of nitrogens with two attached hydrogens (primary N) is 1. The summed E-state index contributed by atoms with van der Waals surface area (Å²) in [6.07, 6.45) is 4.23. The number of hydrogen-bond donors (Lipinski definition) is 3. The molecule has 0 spiro atoms. The highest BCUT2D eigenvalue weighted by Crippen LogP contribution is 2.25. The lowest BCUT2D eigenvalue weighted by Gasteiger charge is -2.29. The van der Waals surface area contributed by atoms with Crippen LogP contribution in [-0.2, 0) is 6.42 Å². The smallest absolute Gasteiger partial charge is 0.407 e. The van der Waals surface area contributed by atoms with E-state index < -0.39 is 11.7 Å². The number of aryl methyl sites for hydroxylation is 1. The molecule has 1 aliphatic heterocycles. The summed E-state index contributed by atoms with van der Waals surface area (Å²) in [5, 5.41) is 8.98. The molecule has 2 aromatic rings. The number of aromatic nitrogens is 2. The lowest BCUT2D eigenvalue weighted by atomic mass is 9.91. The maximum atomic E-state index is 11.4. The Kier molecular flexibility index (Phi) is 5.40. The first-order chi connectivity index (χ1) is 12.5. The highest BCUT2D eigenvalue weighted by atomic mass is 16.5. The van der Waals surface area contributed by atoms with E-state index in [9.17, 15) is 9.59 Å². The highest BCUT2D eigenvalue weighted by Gasteiger charge is 2.21. The second-order valence-electron chi connectivity index (χ2n) is 6.45. The van der Waals surface area contributed by atoms with E-state index in [4.69, 9.17) is 15.6 Å². The van der Waals surface area contributed by atoms with Crippen LogP contribution >= 0.6 is 0 Å². The van der Waals surface area contributed by atoms with E-state index in [2.05, 4.69) is 9.97 Å². The highest BCUT2D eigenvalue weighted by molar-refractivity contribution is 5.64. The van der Waals surface area contributed by atoms with Gasteiger partial charge in [0, 0.05) is 13.1 Å². The fourth-order valence-electron chi connectivity index (χ4n) is 3.09. The van der Waals surface area contributed by atoms with E-state index in [1.165, 1.54) is 16.8 Å². The summed E-state index contributed by atoms with van der Waals surface area (Å²) in [4.78, 5) is 30.2. The molecule has 0 bridgehead atoms. The van der Waals surface area contributed by atoms with Gasteiger partial charge in [-0.1, -0.05) is 12.1 Å². The first kappa shape index (κ1) is 17.8. The van der Waals surface area contributed by atoms with Crippen molar-refractivity contribution >= 4 is 11.8 Å². The number of rotatable bonds is 5. The second-order valence-corrected chi connectivity index (χ2v) is 6.45. The summed E-state index contributed by atoms with van der Waals surface area (Å²) in [5.41, 5.74) is 6.35. The van der Waals surface area contributed by atoms with Crippen molar-refractivity contribution in [1.82, 2.24) is 14.9 Å². The predicted octanol–water partition coefficient (Wildman–Crippen LogP) is 2.47. The Morgan fingerprint density at radius 1 is 1.31 bits per heavy atom. The van der Waals surface area contributed by atoms with Gasteiger partial charge in [-0.25, -0.2) is 9.78 Å². The molecule has 2 heterocycles. The van der Waals surface area contributed by atoms with Gasteiger partial charge in [-0.2, -0.15) is 0 Å². The van der Waals surface area contributed by atoms with Gasteiger partial charge < -0.3 is 25.5 Å². The Hall–Kier alpha value is -3.03. The van der Waals surface area contributed by atoms with E-state index >= 15 is 0 Å². The Morgan fingerprint density at radius 3 is 2.65 bits per heavy atom. The molecule has 8 heteroatoms. The van der Waals surface area contributed by atoms with Gasteiger partial charge in [0.25, 0.3) is 5.56 Å². The van der Waals surface area contributed by atoms with Crippen molar-refractivity contribution in [3.8, 4) is 11.6 Å². The zero-order valence-electron chi connectivity index (χ0n) is 14.4. The molecule has 3 rings (SSSR count). The van der Waals surface area contributed by atoms with Gasteiger partial charge in [0.2, 0.25) is 5.88 Å². The monoisotopic (exact) mass is 358 g/mol. The molecular formula is C18H22N4O4. The maximum absolute atomic E-state index is 11.4. The van der Waals surface area contributed by atoms with Crippen LogP contribution in [0, 0.1) is 5.92 Å². The van der Waals surface area contributed by atoms with E-state index in [0.29, 0.717) is 24.8 Å². The Balaban J connectivity index is 1.51. The minimum absolute atomic E-state index is 0.0516. The second kappa shape index (κ2) is 7.90. The number of carboxylic acid groups (broad SMARTS) is 1. The topological polar surface area (TPSA) is 122 Å². The van der Waals surface area contributed by atoms with E-state index in [-0.39, 0.29) is 11.6 Å². The molecule has 0 radical (unpaired) electrons. The minimum Gasteiger partial charge on any atom is -0.465 e. The average Bonchev–Trinajstić information content (AvgIpc) is 2.65. The van der Waals surface area contributed by atoms with Gasteiger partial charge in [0.1, 0.15) is 5.75 Å². The summed E-state index contributed by atoms with van der Waals surface area (Å²) in [5.74, 6) is 1.21. The van der Waals surface area contributed by atoms with Crippen molar-refractivity contribution in [3.05, 3.63) is 46.5 Å². The number of ether oxygens (including phenoxy) is 1. The Bertz CT molecular complexity index is 811. The van der Waals surface area contributed by atoms with Gasteiger partial charge in [-0.3, -0.25) is 4.79 Å². The molecule has 1 fully saturated rings. The molecule has 8 nitrogen and oxygen atoms in total. The van der Waals surface area contributed by atoms with Gasteiger partial charge >= 0.3 is 6.09 Å². The van der Waals surface area contributed by atoms with Gasteiger partial charge in [0.05, 0.1) is 6.33 Å². The van der Waals surface area contributed by atoms with Crippen molar-refractivity contribution in [3.63, 3.8) is 0 Å². The van der Waals surface area contributed by atoms with Crippen LogP contribution in [0.15, 0.2) is 35.4 Å². The zero-order chi connectivity index (χ0) is 18.5. The van der Waals surface area contributed by atoms with Gasteiger partial charge in [0.15, 0.2) is 5.69 Å². The summed E-state index contributed by atoms with van der Waals surface area (Å²) >= 11 is 0. The molecule has 0 saturated carbocycles. The summed E-state index contributed by atoms with van der Waals surface area (Å²) in [6, 6.07) is 7.60. The Morgan fingerprint density at radius 2 is 2.00 bits per heavy atom. The fraction of sp³-hybridized carbons (Fsp3) is 0.389. The van der Waals surface area contributed by atoms with Crippen molar-refractivity contribution < 1.29 is 14.6 Å². The van der Waals surface area contributed by atoms with Crippen LogP contribution in [0.5, 0.6) is 11.6 Å². The number of nitrogen functional groups attached to an aromatic ring is 1. The number of nitrogens with one attached hydrogen (secondary N) is 1. The molecule has 1 saturated heterocycles. The van der Waals surface area contributed by atoms with Crippen molar-refractivity contribution in [2.45, 2.75) is 25.7 Å². The molecule has 0 unspecified atom stereocenters. The number of nitrogens with zero attached hydrogens (tertiary/aromatic N) is 2. The Labute approximate surface area is 150 Å². The molecule has 4 N–H and O–H groups in total. The number of benzene rings is 1. The van der Waals surface area contributed by atoms with Gasteiger partial charge in [-0.05, 0) is 49.3 Å². The van der Waals surface area contributed by atoms with E-state index in [0.717, 1.165) is 25.7 Å². The van der Waals surface area contributed by atoms with Gasteiger partial charge in [-0.15, -0.1) is 0 Å². The number of H-pyrrole nitrogens is 1. The normalized spacial score (nSPS) is 15.0. The number of carbonyl (C=O) groups is 1. The minimum atomic E-state index is -0.824. The van der Waals surface area contributed by atoms with Crippen LogP contribution in [0.3, 0.4) is 0 Å². The summed E-state index contributed by atoms with van der Waals surface area (Å²) in [7, 11) is 0. The number of likely N-dealkylation sites (tertiary alicyclic amines) is 1. The standard InChI is InChI=1S/C18H22N4O4/c19-15-16(23)20-11-21-17(15)26-14-5-3-12(4-6-14)1-2-13-7-9-22(10-8-13)18(24)25/h3-6,11,13H,1-2,7-10,19H2,(H,24,25)(H,20,21,23). The van der Waals surface area contributed by atoms with Crippen LogP contribution in [0.4, 0.5) is 10.5 Å². The van der Waals surface area contributed by atoms with Crippen LogP contribution in [0.2, 0.25) is 0 Å². The molecule has 1 aromatic carbocycles. The molecule has 26 heavy (non-hydrogen) atoms. The van der Waals surface area contributed by atoms with E-state index in [1.807, 2.05) is 24.3 Å². The quantitative estimate of drug-likeness (QED) is 0.755. The van der Waals surface area contributed by atoms with Crippen LogP contribution in [-0.4, -0.2) is 39.2 Å². The van der Waals surface area contributed by atoms with Crippen molar-refractivity contribution in [1.29, 1.82) is 0 Å². The number of piperidine rings is 1. The van der Waals surface area contributed by atoms with Crippen molar-refractivity contribution in [2.75, 3.05) is 18.8 Å². The molecule has 0 atom stereocenters. The van der Waals surface area contributed by atoms with E-state index in [1.54, 1.807) is 0 Å². The average molecular weight is 358 g/mol. The zero-order valence-corrected chi connectivity index (χ0v) is 14.4. The SMILES string of the molecule is Nc1c(Oc2ccc(CCC3CCN(C(=O)O)CC3)cc2)nc[nH]c1=O. The lowest BCUT2D eigenvalue weighted by molar-refractivity contribution is 0.123. The maximum Gasteiger partial charge on any atom is 0.407 e. The first-order valence-electron chi connectivity index (χ1n) is 8.60. The fourth-order valence-corrected chi connectivity index (χ4v) is 3.09. The van der Waals surface area contributed by atoms with Crippen molar-refractivity contribution in [2.24, 2.45) is 5.92 Å². The predicted molar refractivity (Wildman–Crippen MR) is 96.4 cm³/mol. The van der Waals surface area contributed by atoms with Crippen LogP contribution in [0.25, 0.3) is 0 Å². The molecule has 0 aliphatic carbocycles. The third-order valence-corrected chi connectivity index (χ3v) is 4.72. The molecule has 1 aliphatic rings. The third kappa shape index (κ3) is 4.33. The summed E-state index contributed by atoms with van der Waals surface area (Å²) in [6.45, 7) is 1.24. The number of aromatic amines is 1. The van der Waals surface area contributed by atoms with Crippen LogP contribution < -0.4 is 16.0 Å². The lowest BCUT2D eigenvalue weighted by Crippen LogP contribution is -2.37. The number of anilines is 1. The molecule has 138 valence electrons.